The van der Waals surface area contributed by atoms with Crippen LogP contribution < -0.4 is 10.1 Å². The molecule has 2 aromatic rings. The van der Waals surface area contributed by atoms with Crippen LogP contribution in [0.5, 0.6) is 5.75 Å². The summed E-state index contributed by atoms with van der Waals surface area (Å²) in [6, 6.07) is 12.9. The Morgan fingerprint density at radius 3 is 2.47 bits per heavy atom. The molecule has 1 aliphatic rings. The fourth-order valence-corrected chi connectivity index (χ4v) is 3.94. The third-order valence-electron chi connectivity index (χ3n) is 5.52. The number of benzene rings is 2. The first-order valence-corrected chi connectivity index (χ1v) is 10.3. The second-order valence-corrected chi connectivity index (χ2v) is 8.00. The molecule has 3 rings (SSSR count). The van der Waals surface area contributed by atoms with Crippen LogP contribution in [0.1, 0.15) is 46.0 Å². The number of aliphatic hydroxyl groups is 1. The van der Waals surface area contributed by atoms with E-state index in [1.807, 2.05) is 32.0 Å². The van der Waals surface area contributed by atoms with Crippen LogP contribution in [-0.2, 0) is 4.79 Å². The third-order valence-corrected chi connectivity index (χ3v) is 5.52. The number of nitrogens with zero attached hydrogens (tertiary/aromatic N) is 1. The highest BCUT2D eigenvalue weighted by Gasteiger charge is 2.29. The number of aliphatic hydroxyl groups excluding tert-OH is 1. The number of rotatable bonds is 6. The largest absolute Gasteiger partial charge is 0.497 e. The molecule has 2 atom stereocenters. The minimum atomic E-state index is -0.795. The number of hydrogen-bond donors (Lipinski definition) is 2. The molecule has 30 heavy (non-hydrogen) atoms. The van der Waals surface area contributed by atoms with Crippen molar-refractivity contribution in [1.29, 1.82) is 0 Å². The van der Waals surface area contributed by atoms with Crippen molar-refractivity contribution in [3.63, 3.8) is 0 Å². The van der Waals surface area contributed by atoms with Crippen LogP contribution in [0.25, 0.3) is 0 Å². The summed E-state index contributed by atoms with van der Waals surface area (Å²) in [4.78, 5) is 27.4. The van der Waals surface area contributed by atoms with Crippen LogP contribution in [0.3, 0.4) is 0 Å². The van der Waals surface area contributed by atoms with E-state index >= 15 is 0 Å². The molecule has 0 spiro atoms. The summed E-state index contributed by atoms with van der Waals surface area (Å²) in [6.07, 6.45) is 0.730. The molecule has 0 aliphatic carbocycles. The molecule has 1 aliphatic heterocycles. The zero-order valence-corrected chi connectivity index (χ0v) is 17.9. The molecule has 0 bridgehead atoms. The van der Waals surface area contributed by atoms with E-state index in [1.165, 1.54) is 0 Å². The second-order valence-electron chi connectivity index (χ2n) is 8.00. The van der Waals surface area contributed by atoms with Crippen molar-refractivity contribution in [1.82, 2.24) is 10.2 Å². The molecule has 1 saturated heterocycles. The predicted molar refractivity (Wildman–Crippen MR) is 116 cm³/mol. The van der Waals surface area contributed by atoms with E-state index in [-0.39, 0.29) is 24.3 Å². The van der Waals surface area contributed by atoms with Gasteiger partial charge in [0.25, 0.3) is 5.91 Å². The molecule has 6 heteroatoms. The summed E-state index contributed by atoms with van der Waals surface area (Å²) in [5.41, 5.74) is 3.49. The van der Waals surface area contributed by atoms with Crippen LogP contribution >= 0.6 is 0 Å². The van der Waals surface area contributed by atoms with Gasteiger partial charge in [-0.15, -0.1) is 0 Å². The smallest absolute Gasteiger partial charge is 0.253 e. The molecule has 1 fully saturated rings. The van der Waals surface area contributed by atoms with E-state index in [2.05, 4.69) is 5.32 Å². The highest BCUT2D eigenvalue weighted by atomic mass is 16.5. The van der Waals surface area contributed by atoms with E-state index < -0.39 is 6.10 Å². The number of carbonyl (C=O) groups excluding carboxylic acids is 2. The highest BCUT2D eigenvalue weighted by Crippen LogP contribution is 2.21. The van der Waals surface area contributed by atoms with E-state index in [0.717, 1.165) is 24.0 Å². The third kappa shape index (κ3) is 5.39. The van der Waals surface area contributed by atoms with E-state index in [0.29, 0.717) is 30.0 Å². The number of nitrogens with one attached hydrogen (secondary N) is 1. The molecule has 1 heterocycles. The molecule has 6 nitrogen and oxygen atoms in total. The van der Waals surface area contributed by atoms with Crippen LogP contribution in [-0.4, -0.2) is 48.6 Å². The number of methoxy groups -OCH3 is 1. The number of likely N-dealkylation sites (tertiary alicyclic amines) is 1. The normalized spacial score (nSPS) is 17.3. The summed E-state index contributed by atoms with van der Waals surface area (Å²) in [6.45, 7) is 5.14. The maximum atomic E-state index is 12.9. The van der Waals surface area contributed by atoms with E-state index in [9.17, 15) is 14.7 Å². The molecule has 0 aromatic heterocycles. The Kier molecular flexibility index (Phi) is 7.11. The second kappa shape index (κ2) is 9.76. The van der Waals surface area contributed by atoms with Crippen LogP contribution in [0.2, 0.25) is 0 Å². The first-order valence-electron chi connectivity index (χ1n) is 10.3. The van der Waals surface area contributed by atoms with Gasteiger partial charge in [0, 0.05) is 25.2 Å². The van der Waals surface area contributed by atoms with Crippen molar-refractivity contribution < 1.29 is 19.4 Å². The summed E-state index contributed by atoms with van der Waals surface area (Å²) in [7, 11) is 1.59. The monoisotopic (exact) mass is 410 g/mol. The van der Waals surface area contributed by atoms with Gasteiger partial charge in [-0.25, -0.2) is 0 Å². The summed E-state index contributed by atoms with van der Waals surface area (Å²) in [5, 5.41) is 13.2. The Morgan fingerprint density at radius 2 is 1.83 bits per heavy atom. The molecule has 2 amide bonds. The van der Waals surface area contributed by atoms with Crippen molar-refractivity contribution >= 4 is 11.8 Å². The van der Waals surface area contributed by atoms with Gasteiger partial charge >= 0.3 is 0 Å². The molecule has 160 valence electrons. The SMILES string of the molecule is COc1ccc(C(O)CNC(=O)C2CCCN(C(=O)c3cc(C)cc(C)c3)C2)cc1. The maximum Gasteiger partial charge on any atom is 0.253 e. The number of amides is 2. The van der Waals surface area contributed by atoms with Crippen molar-refractivity contribution in [2.75, 3.05) is 26.7 Å². The van der Waals surface area contributed by atoms with Crippen molar-refractivity contribution in [2.24, 2.45) is 5.92 Å². The number of aryl methyl sites for hydroxylation is 2. The minimum Gasteiger partial charge on any atom is -0.497 e. The first-order chi connectivity index (χ1) is 14.4. The minimum absolute atomic E-state index is 0.0300. The van der Waals surface area contributed by atoms with E-state index in [1.54, 1.807) is 36.3 Å². The Hall–Kier alpha value is -2.86. The quantitative estimate of drug-likeness (QED) is 0.767. The fourth-order valence-electron chi connectivity index (χ4n) is 3.94. The number of piperidine rings is 1. The summed E-state index contributed by atoms with van der Waals surface area (Å²) < 4.78 is 5.12. The van der Waals surface area contributed by atoms with Crippen LogP contribution in [0.4, 0.5) is 0 Å². The topological polar surface area (TPSA) is 78.9 Å². The number of carbonyl (C=O) groups is 2. The predicted octanol–water partition coefficient (Wildman–Crippen LogP) is 3.01. The molecule has 0 radical (unpaired) electrons. The van der Waals surface area contributed by atoms with Crippen molar-refractivity contribution in [3.8, 4) is 5.75 Å². The molecule has 0 saturated carbocycles. The van der Waals surface area contributed by atoms with Crippen molar-refractivity contribution in [2.45, 2.75) is 32.8 Å². The molecular formula is C24H30N2O4. The lowest BCUT2D eigenvalue weighted by molar-refractivity contribution is -0.126. The van der Waals surface area contributed by atoms with Gasteiger partial charge in [0.15, 0.2) is 0 Å². The van der Waals surface area contributed by atoms with Crippen LogP contribution in [0, 0.1) is 19.8 Å². The lowest BCUT2D eigenvalue weighted by Crippen LogP contribution is -2.46. The molecular weight excluding hydrogens is 380 g/mol. The standard InChI is InChI=1S/C24H30N2O4/c1-16-11-17(2)13-20(12-16)24(29)26-10-4-5-19(15-26)23(28)25-14-22(27)18-6-8-21(30-3)9-7-18/h6-9,11-13,19,22,27H,4-5,10,14-15H2,1-3H3,(H,25,28). The van der Waals surface area contributed by atoms with Gasteiger partial charge in [-0.2, -0.15) is 0 Å². The zero-order chi connectivity index (χ0) is 21.7. The maximum absolute atomic E-state index is 12.9. The van der Waals surface area contributed by atoms with Gasteiger partial charge in [-0.3, -0.25) is 9.59 Å². The molecule has 2 N–H and O–H groups in total. The lowest BCUT2D eigenvalue weighted by atomic mass is 9.96. The fraction of sp³-hybridized carbons (Fsp3) is 0.417. The lowest BCUT2D eigenvalue weighted by Gasteiger charge is -2.32. The Bertz CT molecular complexity index is 874. The average molecular weight is 411 g/mol. The summed E-state index contributed by atoms with van der Waals surface area (Å²) >= 11 is 0. The molecule has 2 unspecified atom stereocenters. The average Bonchev–Trinajstić information content (AvgIpc) is 2.76. The van der Waals surface area contributed by atoms with Gasteiger partial charge < -0.3 is 20.1 Å². The van der Waals surface area contributed by atoms with E-state index in [4.69, 9.17) is 4.74 Å². The summed E-state index contributed by atoms with van der Waals surface area (Å²) in [5.74, 6) is 0.292. The van der Waals surface area contributed by atoms with Gasteiger partial charge in [0.2, 0.25) is 5.91 Å². The van der Waals surface area contributed by atoms with Gasteiger partial charge in [-0.1, -0.05) is 29.3 Å². The van der Waals surface area contributed by atoms with Gasteiger partial charge in [-0.05, 0) is 56.5 Å². The Morgan fingerprint density at radius 1 is 1.17 bits per heavy atom. The zero-order valence-electron chi connectivity index (χ0n) is 17.9. The Labute approximate surface area is 177 Å². The molecule has 2 aromatic carbocycles. The van der Waals surface area contributed by atoms with Crippen LogP contribution in [0.15, 0.2) is 42.5 Å². The number of ether oxygens (including phenoxy) is 1. The van der Waals surface area contributed by atoms with Gasteiger partial charge in [0.1, 0.15) is 5.75 Å². The first kappa shape index (κ1) is 21.8. The number of hydrogen-bond acceptors (Lipinski definition) is 4. The van der Waals surface area contributed by atoms with Crippen molar-refractivity contribution in [3.05, 3.63) is 64.7 Å². The Balaban J connectivity index is 1.56. The highest BCUT2D eigenvalue weighted by molar-refractivity contribution is 5.95. The van der Waals surface area contributed by atoms with Gasteiger partial charge in [0.05, 0.1) is 19.1 Å².